The Bertz CT molecular complexity index is 990. The van der Waals surface area contributed by atoms with Crippen molar-refractivity contribution in [1.82, 2.24) is 0 Å². The van der Waals surface area contributed by atoms with E-state index in [1.807, 2.05) is 0 Å². The third kappa shape index (κ3) is 4.72. The minimum Gasteiger partial charge on any atom is -0.207 e. The van der Waals surface area contributed by atoms with Gasteiger partial charge in [0.2, 0.25) is 0 Å². The largest absolute Gasteiger partial charge is 0.207 e. The smallest absolute Gasteiger partial charge is 0.166 e. The molecule has 2 saturated carbocycles. The molecule has 0 nitrogen and oxygen atoms in total. The lowest BCUT2D eigenvalue weighted by Crippen LogP contribution is -2.30. The highest BCUT2D eigenvalue weighted by Crippen LogP contribution is 2.48. The fraction of sp³-hybridized carbons (Fsp3) is 0.448. The topological polar surface area (TPSA) is 0 Å². The Hall–Kier alpha value is -2.29. The number of allylic oxidation sites excluding steroid dienone is 3. The van der Waals surface area contributed by atoms with Crippen molar-refractivity contribution < 1.29 is 13.2 Å². The van der Waals surface area contributed by atoms with E-state index in [9.17, 15) is 8.78 Å². The molecule has 0 amide bonds. The normalized spacial score (nSPS) is 25.6. The quantitative estimate of drug-likeness (QED) is 0.395. The van der Waals surface area contributed by atoms with Crippen LogP contribution in [0.25, 0.3) is 11.1 Å². The summed E-state index contributed by atoms with van der Waals surface area (Å²) in [6, 6.07) is 8.07. The number of fused-ring (bicyclic) bond motifs is 1. The molecule has 0 saturated heterocycles. The Labute approximate surface area is 190 Å². The van der Waals surface area contributed by atoms with Crippen molar-refractivity contribution >= 4 is 0 Å². The molecule has 2 aliphatic carbocycles. The zero-order valence-corrected chi connectivity index (χ0v) is 18.9. The van der Waals surface area contributed by atoms with E-state index < -0.39 is 11.6 Å². The van der Waals surface area contributed by atoms with Crippen LogP contribution in [0.5, 0.6) is 0 Å². The van der Waals surface area contributed by atoms with E-state index in [1.54, 1.807) is 30.3 Å². The van der Waals surface area contributed by atoms with Gasteiger partial charge in [0.05, 0.1) is 0 Å². The fourth-order valence-corrected chi connectivity index (χ4v) is 5.94. The number of rotatable bonds is 6. The van der Waals surface area contributed by atoms with Crippen LogP contribution in [0.2, 0.25) is 0 Å². The summed E-state index contributed by atoms with van der Waals surface area (Å²) < 4.78 is 44.3. The standard InChI is InChI=1S/C29H33F3/c1-3-5-7-20-12-15-26(29(32)28(20)31)24-13-14-25(27(30)18-24)23-11-10-21-16-19(6-4-2)8-9-22(21)17-23/h3-4,6,12-15,18-19,21-23H,1,5,7-11,16-17H2,2H3/b6-4+. The first-order chi connectivity index (χ1) is 15.5. The summed E-state index contributed by atoms with van der Waals surface area (Å²) in [4.78, 5) is 0. The van der Waals surface area contributed by atoms with Gasteiger partial charge in [0.15, 0.2) is 11.6 Å². The molecular weight excluding hydrogens is 405 g/mol. The van der Waals surface area contributed by atoms with Gasteiger partial charge in [-0.1, -0.05) is 42.5 Å². The minimum atomic E-state index is -0.905. The predicted molar refractivity (Wildman–Crippen MR) is 126 cm³/mol. The number of halogens is 3. The lowest BCUT2D eigenvalue weighted by Gasteiger charge is -2.42. The molecule has 0 aromatic heterocycles. The number of hydrogen-bond donors (Lipinski definition) is 0. The molecule has 0 N–H and O–H groups in total. The van der Waals surface area contributed by atoms with E-state index in [1.165, 1.54) is 25.3 Å². The maximum absolute atomic E-state index is 15.1. The average molecular weight is 439 g/mol. The van der Waals surface area contributed by atoms with Crippen LogP contribution in [-0.2, 0) is 6.42 Å². The van der Waals surface area contributed by atoms with Crippen molar-refractivity contribution in [3.8, 4) is 11.1 Å². The summed E-state index contributed by atoms with van der Waals surface area (Å²) in [7, 11) is 0. The number of benzene rings is 2. The first-order valence-corrected chi connectivity index (χ1v) is 12.0. The highest BCUT2D eigenvalue weighted by Gasteiger charge is 2.36. The predicted octanol–water partition coefficient (Wildman–Crippen LogP) is 8.77. The first-order valence-electron chi connectivity index (χ1n) is 12.0. The van der Waals surface area contributed by atoms with Crippen molar-refractivity contribution in [3.63, 3.8) is 0 Å². The van der Waals surface area contributed by atoms with Crippen LogP contribution < -0.4 is 0 Å². The van der Waals surface area contributed by atoms with Crippen LogP contribution in [0.4, 0.5) is 13.2 Å². The third-order valence-corrected chi connectivity index (χ3v) is 7.65. The lowest BCUT2D eigenvalue weighted by atomic mass is 9.64. The maximum Gasteiger partial charge on any atom is 0.166 e. The Morgan fingerprint density at radius 1 is 0.938 bits per heavy atom. The Kier molecular flexibility index (Phi) is 7.23. The Balaban J connectivity index is 1.50. The highest BCUT2D eigenvalue weighted by molar-refractivity contribution is 5.65. The molecule has 0 spiro atoms. The van der Waals surface area contributed by atoms with Gasteiger partial charge in [-0.15, -0.1) is 6.58 Å². The average Bonchev–Trinajstić information content (AvgIpc) is 2.80. The molecule has 170 valence electrons. The van der Waals surface area contributed by atoms with Gasteiger partial charge in [-0.2, -0.15) is 0 Å². The summed E-state index contributed by atoms with van der Waals surface area (Å²) in [5.74, 6) is 0.282. The molecule has 0 radical (unpaired) electrons. The second kappa shape index (κ2) is 10.1. The molecule has 4 atom stereocenters. The maximum atomic E-state index is 15.1. The van der Waals surface area contributed by atoms with Gasteiger partial charge in [-0.05, 0) is 105 Å². The summed E-state index contributed by atoms with van der Waals surface area (Å²) in [6.45, 7) is 5.71. The van der Waals surface area contributed by atoms with Crippen molar-refractivity contribution in [2.45, 2.75) is 64.2 Å². The Morgan fingerprint density at radius 2 is 1.72 bits per heavy atom. The van der Waals surface area contributed by atoms with E-state index >= 15 is 4.39 Å². The molecular formula is C29H33F3. The first kappa shape index (κ1) is 22.9. The highest BCUT2D eigenvalue weighted by atomic mass is 19.2. The van der Waals surface area contributed by atoms with Gasteiger partial charge in [-0.25, -0.2) is 13.2 Å². The van der Waals surface area contributed by atoms with Gasteiger partial charge in [0.25, 0.3) is 0 Å². The summed E-state index contributed by atoms with van der Waals surface area (Å²) in [5, 5.41) is 0. The summed E-state index contributed by atoms with van der Waals surface area (Å²) in [6.07, 6.45) is 14.1. The van der Waals surface area contributed by atoms with Gasteiger partial charge in [0, 0.05) is 5.56 Å². The molecule has 2 aromatic carbocycles. The molecule has 3 heteroatoms. The van der Waals surface area contributed by atoms with E-state index in [0.717, 1.165) is 30.7 Å². The van der Waals surface area contributed by atoms with E-state index in [2.05, 4.69) is 25.7 Å². The zero-order chi connectivity index (χ0) is 22.7. The molecule has 0 heterocycles. The summed E-state index contributed by atoms with van der Waals surface area (Å²) in [5.41, 5.74) is 1.55. The molecule has 2 aromatic rings. The second-order valence-corrected chi connectivity index (χ2v) is 9.59. The molecule has 4 unspecified atom stereocenters. The van der Waals surface area contributed by atoms with Crippen LogP contribution >= 0.6 is 0 Å². The van der Waals surface area contributed by atoms with E-state index in [0.29, 0.717) is 35.8 Å². The second-order valence-electron chi connectivity index (χ2n) is 9.59. The molecule has 0 bridgehead atoms. The molecule has 2 aliphatic rings. The van der Waals surface area contributed by atoms with Gasteiger partial charge in [0.1, 0.15) is 5.82 Å². The zero-order valence-electron chi connectivity index (χ0n) is 18.9. The number of hydrogen-bond acceptors (Lipinski definition) is 0. The van der Waals surface area contributed by atoms with Gasteiger partial charge < -0.3 is 0 Å². The molecule has 4 rings (SSSR count). The monoisotopic (exact) mass is 438 g/mol. The Morgan fingerprint density at radius 3 is 2.47 bits per heavy atom. The van der Waals surface area contributed by atoms with Gasteiger partial charge >= 0.3 is 0 Å². The van der Waals surface area contributed by atoms with Crippen LogP contribution in [-0.4, -0.2) is 0 Å². The van der Waals surface area contributed by atoms with E-state index in [-0.39, 0.29) is 17.3 Å². The van der Waals surface area contributed by atoms with E-state index in [4.69, 9.17) is 0 Å². The van der Waals surface area contributed by atoms with Crippen molar-refractivity contribution in [1.29, 1.82) is 0 Å². The third-order valence-electron chi connectivity index (χ3n) is 7.65. The van der Waals surface area contributed by atoms with Crippen molar-refractivity contribution in [2.24, 2.45) is 17.8 Å². The minimum absolute atomic E-state index is 0.112. The van der Waals surface area contributed by atoms with Crippen LogP contribution in [0.1, 0.15) is 68.9 Å². The van der Waals surface area contributed by atoms with Crippen molar-refractivity contribution in [3.05, 3.63) is 83.7 Å². The SMILES string of the molecule is C=CCCc1ccc(-c2ccc(C3CCC4CC(/C=C/C)CCC4C3)c(F)c2)c(F)c1F. The van der Waals surface area contributed by atoms with Crippen LogP contribution in [0, 0.1) is 35.2 Å². The molecule has 0 aliphatic heterocycles. The van der Waals surface area contributed by atoms with Crippen LogP contribution in [0.3, 0.4) is 0 Å². The summed E-state index contributed by atoms with van der Waals surface area (Å²) >= 11 is 0. The van der Waals surface area contributed by atoms with Crippen molar-refractivity contribution in [2.75, 3.05) is 0 Å². The molecule has 32 heavy (non-hydrogen) atoms. The van der Waals surface area contributed by atoms with Crippen LogP contribution in [0.15, 0.2) is 55.1 Å². The molecule has 2 fully saturated rings. The van der Waals surface area contributed by atoms with Gasteiger partial charge in [-0.3, -0.25) is 0 Å². The fourth-order valence-electron chi connectivity index (χ4n) is 5.94. The lowest BCUT2D eigenvalue weighted by molar-refractivity contribution is 0.132. The number of aryl methyl sites for hydroxylation is 1.